The molecule has 11 heteroatoms. The maximum Gasteiger partial charge on any atom is 0.341 e. The van der Waals surface area contributed by atoms with Gasteiger partial charge < -0.3 is 20.5 Å². The second-order valence-corrected chi connectivity index (χ2v) is 13.1. The molecule has 3 aromatic carbocycles. The first-order valence-electron chi connectivity index (χ1n) is 15.1. The summed E-state index contributed by atoms with van der Waals surface area (Å²) in [5.74, 6) is -2.39. The highest BCUT2D eigenvalue weighted by molar-refractivity contribution is 8.00. The molecule has 2 amide bonds. The number of amides is 2. The summed E-state index contributed by atoms with van der Waals surface area (Å²) in [6.45, 7) is 6.19. The van der Waals surface area contributed by atoms with Crippen molar-refractivity contribution in [2.45, 2.75) is 49.9 Å². The normalized spacial score (nSPS) is 13.3. The highest BCUT2D eigenvalue weighted by atomic mass is 32.2. The number of thioether (sulfide) groups is 1. The second-order valence-electron chi connectivity index (χ2n) is 10.7. The first kappa shape index (κ1) is 32.9. The molecule has 5 rings (SSSR count). The number of thiophene rings is 1. The van der Waals surface area contributed by atoms with Gasteiger partial charge in [-0.2, -0.15) is 0 Å². The average molecular weight is 658 g/mol. The molecule has 9 nitrogen and oxygen atoms in total. The molecule has 3 N–H and O–H groups in total. The third-order valence-electron chi connectivity index (χ3n) is 7.54. The Morgan fingerprint density at radius 2 is 1.70 bits per heavy atom. The van der Waals surface area contributed by atoms with E-state index in [2.05, 4.69) is 27.7 Å². The lowest BCUT2D eigenvalue weighted by Crippen LogP contribution is -2.30. The molecule has 0 saturated carbocycles. The van der Waals surface area contributed by atoms with E-state index in [4.69, 9.17) is 4.74 Å². The number of benzene rings is 3. The fourth-order valence-electron chi connectivity index (χ4n) is 5.33. The van der Waals surface area contributed by atoms with Crippen LogP contribution in [0.1, 0.15) is 67.3 Å². The van der Waals surface area contributed by atoms with Crippen molar-refractivity contribution in [1.29, 1.82) is 0 Å². The summed E-state index contributed by atoms with van der Waals surface area (Å²) in [5.41, 5.74) is 3.05. The molecule has 1 aliphatic heterocycles. The van der Waals surface area contributed by atoms with E-state index in [-0.39, 0.29) is 23.6 Å². The number of fused-ring (bicyclic) bond motifs is 1. The van der Waals surface area contributed by atoms with E-state index in [1.807, 2.05) is 31.2 Å². The fraction of sp³-hybridized carbons (Fsp3) is 0.257. The van der Waals surface area contributed by atoms with Gasteiger partial charge in [-0.05, 0) is 61.2 Å². The van der Waals surface area contributed by atoms with Crippen LogP contribution in [-0.2, 0) is 29.0 Å². The third-order valence-corrected chi connectivity index (χ3v) is 10.0. The molecule has 0 fully saturated rings. The van der Waals surface area contributed by atoms with Gasteiger partial charge in [-0.1, -0.05) is 55.5 Å². The highest BCUT2D eigenvalue weighted by Gasteiger charge is 2.31. The van der Waals surface area contributed by atoms with Crippen LogP contribution in [0.25, 0.3) is 0 Å². The maximum atomic E-state index is 13.6. The zero-order valence-electron chi connectivity index (χ0n) is 25.6. The maximum absolute atomic E-state index is 13.6. The van der Waals surface area contributed by atoms with Gasteiger partial charge in [0.05, 0.1) is 28.5 Å². The molecule has 0 saturated heterocycles. The first-order chi connectivity index (χ1) is 22.3. The molecule has 0 radical (unpaired) electrons. The summed E-state index contributed by atoms with van der Waals surface area (Å²) in [5, 5.41) is 15.3. The smallest absolute Gasteiger partial charge is 0.341 e. The molecule has 1 unspecified atom stereocenters. The van der Waals surface area contributed by atoms with Crippen molar-refractivity contribution in [3.8, 4) is 0 Å². The van der Waals surface area contributed by atoms with Crippen LogP contribution < -0.4 is 10.6 Å². The van der Waals surface area contributed by atoms with Gasteiger partial charge in [0.15, 0.2) is 0 Å². The van der Waals surface area contributed by atoms with Gasteiger partial charge in [-0.15, -0.1) is 23.1 Å². The number of esters is 1. The van der Waals surface area contributed by atoms with E-state index in [0.717, 1.165) is 28.4 Å². The summed E-state index contributed by atoms with van der Waals surface area (Å²) in [7, 11) is 0. The lowest BCUT2D eigenvalue weighted by molar-refractivity contribution is -0.115. The first-order valence-corrected chi connectivity index (χ1v) is 16.8. The molecule has 46 heavy (non-hydrogen) atoms. The van der Waals surface area contributed by atoms with E-state index in [9.17, 15) is 24.3 Å². The predicted molar refractivity (Wildman–Crippen MR) is 181 cm³/mol. The monoisotopic (exact) mass is 657 g/mol. The van der Waals surface area contributed by atoms with E-state index < -0.39 is 23.1 Å². The van der Waals surface area contributed by atoms with Crippen molar-refractivity contribution in [2.24, 2.45) is 0 Å². The highest BCUT2D eigenvalue weighted by Crippen LogP contribution is 2.39. The van der Waals surface area contributed by atoms with Gasteiger partial charge in [0, 0.05) is 35.1 Å². The predicted octanol–water partition coefficient (Wildman–Crippen LogP) is 6.94. The Balaban J connectivity index is 1.30. The largest absolute Gasteiger partial charge is 0.478 e. The van der Waals surface area contributed by atoms with Crippen molar-refractivity contribution in [3.05, 3.63) is 112 Å². The van der Waals surface area contributed by atoms with Crippen molar-refractivity contribution >= 4 is 57.5 Å². The van der Waals surface area contributed by atoms with Gasteiger partial charge in [0.25, 0.3) is 5.91 Å². The van der Waals surface area contributed by atoms with Crippen LogP contribution in [0.4, 0.5) is 10.7 Å². The lowest BCUT2D eigenvalue weighted by Gasteiger charge is -2.27. The van der Waals surface area contributed by atoms with Crippen molar-refractivity contribution in [1.82, 2.24) is 4.90 Å². The van der Waals surface area contributed by atoms with Crippen LogP contribution >= 0.6 is 23.1 Å². The minimum Gasteiger partial charge on any atom is -0.478 e. The van der Waals surface area contributed by atoms with E-state index in [1.165, 1.54) is 40.8 Å². The van der Waals surface area contributed by atoms with Crippen LogP contribution in [0.3, 0.4) is 0 Å². The summed E-state index contributed by atoms with van der Waals surface area (Å²) < 4.78 is 5.41. The fourth-order valence-corrected chi connectivity index (χ4v) is 7.63. The molecule has 0 bridgehead atoms. The molecule has 1 aliphatic rings. The van der Waals surface area contributed by atoms with Crippen molar-refractivity contribution < 1.29 is 29.0 Å². The summed E-state index contributed by atoms with van der Waals surface area (Å²) in [6.07, 6.45) is 1.20. The minimum atomic E-state index is -1.19. The lowest BCUT2D eigenvalue weighted by atomic mass is 10.0. The Hall–Kier alpha value is -4.45. The molecule has 4 aromatic rings. The summed E-state index contributed by atoms with van der Waals surface area (Å²) in [6, 6.07) is 23.3. The number of hydrogen-bond donors (Lipinski definition) is 3. The average Bonchev–Trinajstić information content (AvgIpc) is 3.41. The van der Waals surface area contributed by atoms with Gasteiger partial charge >= 0.3 is 11.9 Å². The number of rotatable bonds is 12. The standard InChI is InChI=1S/C35H35N3O6S2/c1-3-28(45-24-14-10-13-23(19-24)36-31(39)25-15-8-9-16-26(25)34(41)42)32(40)37-33-30(35(43)44-4-2)27-17-18-38(21-29(27)46-33)20-22-11-6-5-7-12-22/h5-16,19,28H,3-4,17-18,20-21H2,1-2H3,(H,36,39)(H,37,40)(H,41,42). The Kier molecular flexibility index (Phi) is 10.9. The number of carboxylic acids is 1. The quantitative estimate of drug-likeness (QED) is 0.111. The number of carbonyl (C=O) groups is 4. The molecular formula is C35H35N3O6S2. The number of ether oxygens (including phenoxy) is 1. The van der Waals surface area contributed by atoms with Gasteiger partial charge in [0.2, 0.25) is 5.91 Å². The Morgan fingerprint density at radius 3 is 2.41 bits per heavy atom. The summed E-state index contributed by atoms with van der Waals surface area (Å²) >= 11 is 2.78. The number of nitrogens with zero attached hydrogens (tertiary/aromatic N) is 1. The minimum absolute atomic E-state index is 0.0538. The molecule has 238 valence electrons. The van der Waals surface area contributed by atoms with Crippen LogP contribution in [0.15, 0.2) is 83.8 Å². The zero-order chi connectivity index (χ0) is 32.6. The van der Waals surface area contributed by atoms with E-state index in [0.29, 0.717) is 35.6 Å². The van der Waals surface area contributed by atoms with Crippen molar-refractivity contribution in [3.63, 3.8) is 0 Å². The number of nitrogens with one attached hydrogen (secondary N) is 2. The van der Waals surface area contributed by atoms with E-state index in [1.54, 1.807) is 37.3 Å². The molecule has 0 aliphatic carbocycles. The molecular weight excluding hydrogens is 623 g/mol. The van der Waals surface area contributed by atoms with Crippen LogP contribution in [0.5, 0.6) is 0 Å². The summed E-state index contributed by atoms with van der Waals surface area (Å²) in [4.78, 5) is 55.3. The number of carboxylic acid groups (broad SMARTS) is 1. The van der Waals surface area contributed by atoms with Crippen LogP contribution in [-0.4, -0.2) is 52.2 Å². The second kappa shape index (κ2) is 15.2. The number of carbonyl (C=O) groups excluding carboxylic acids is 3. The van der Waals surface area contributed by atoms with Crippen molar-refractivity contribution in [2.75, 3.05) is 23.8 Å². The van der Waals surface area contributed by atoms with E-state index >= 15 is 0 Å². The topological polar surface area (TPSA) is 125 Å². The van der Waals surface area contributed by atoms with Gasteiger partial charge in [-0.3, -0.25) is 14.5 Å². The van der Waals surface area contributed by atoms with Gasteiger partial charge in [0.1, 0.15) is 5.00 Å². The molecule has 1 atom stereocenters. The van der Waals surface area contributed by atoms with Crippen LogP contribution in [0, 0.1) is 0 Å². The number of hydrogen-bond acceptors (Lipinski definition) is 8. The Labute approximate surface area is 276 Å². The molecule has 2 heterocycles. The zero-order valence-corrected chi connectivity index (χ0v) is 27.2. The SMILES string of the molecule is CCOC(=O)c1c(NC(=O)C(CC)Sc2cccc(NC(=O)c3ccccc3C(=O)O)c2)sc2c1CCN(Cc1ccccc1)C2. The molecule has 1 aromatic heterocycles. The third kappa shape index (κ3) is 7.85. The van der Waals surface area contributed by atoms with Crippen LogP contribution in [0.2, 0.25) is 0 Å². The molecule has 0 spiro atoms. The number of aromatic carboxylic acids is 1. The Bertz CT molecular complexity index is 1740. The van der Waals surface area contributed by atoms with Gasteiger partial charge in [-0.25, -0.2) is 9.59 Å². The number of anilines is 2. The Morgan fingerprint density at radius 1 is 0.957 bits per heavy atom.